The van der Waals surface area contributed by atoms with Crippen LogP contribution in [0.5, 0.6) is 0 Å². The summed E-state index contributed by atoms with van der Waals surface area (Å²) in [6.45, 7) is 4.12. The van der Waals surface area contributed by atoms with Crippen LogP contribution < -0.4 is 11.1 Å². The average Bonchev–Trinajstić information content (AvgIpc) is 2.46. The Morgan fingerprint density at radius 3 is 2.93 bits per heavy atom. The molecular formula is C8H14N4O2. The number of carbonyl (C=O) groups is 1. The molecule has 0 aliphatic rings. The molecule has 0 atom stereocenters. The summed E-state index contributed by atoms with van der Waals surface area (Å²) in [6.07, 6.45) is 0. The van der Waals surface area contributed by atoms with Crippen molar-refractivity contribution in [2.24, 2.45) is 0 Å². The SMILES string of the molecule is CCOCC(=O)Nc1n[nH]c(C)c1N. The molecule has 1 amide bonds. The van der Waals surface area contributed by atoms with Gasteiger partial charge in [0.2, 0.25) is 0 Å². The van der Waals surface area contributed by atoms with Crippen LogP contribution in [0.2, 0.25) is 0 Å². The highest BCUT2D eigenvalue weighted by Gasteiger charge is 2.09. The van der Waals surface area contributed by atoms with Gasteiger partial charge in [-0.05, 0) is 13.8 Å². The standard InChI is InChI=1S/C8H14N4O2/c1-3-14-4-6(13)10-8-7(9)5(2)11-12-8/h3-4,9H2,1-2H3,(H2,10,11,12,13). The fourth-order valence-corrected chi connectivity index (χ4v) is 0.896. The summed E-state index contributed by atoms with van der Waals surface area (Å²) in [7, 11) is 0. The molecule has 0 radical (unpaired) electrons. The zero-order chi connectivity index (χ0) is 10.6. The monoisotopic (exact) mass is 198 g/mol. The van der Waals surface area contributed by atoms with Crippen molar-refractivity contribution in [2.75, 3.05) is 24.3 Å². The molecule has 78 valence electrons. The van der Waals surface area contributed by atoms with Gasteiger partial charge < -0.3 is 15.8 Å². The molecule has 0 aliphatic carbocycles. The number of aromatic nitrogens is 2. The molecule has 1 aromatic heterocycles. The maximum atomic E-state index is 11.2. The summed E-state index contributed by atoms with van der Waals surface area (Å²) in [5, 5.41) is 9.03. The molecule has 0 unspecified atom stereocenters. The van der Waals surface area contributed by atoms with E-state index < -0.39 is 0 Å². The van der Waals surface area contributed by atoms with E-state index in [-0.39, 0.29) is 12.5 Å². The fraction of sp³-hybridized carbons (Fsp3) is 0.500. The first-order chi connectivity index (χ1) is 6.65. The van der Waals surface area contributed by atoms with Gasteiger partial charge in [0.1, 0.15) is 6.61 Å². The van der Waals surface area contributed by atoms with Gasteiger partial charge in [-0.1, -0.05) is 0 Å². The minimum absolute atomic E-state index is 0.0157. The molecule has 0 aliphatic heterocycles. The number of nitrogens with one attached hydrogen (secondary N) is 2. The topological polar surface area (TPSA) is 93.0 Å². The van der Waals surface area contributed by atoms with Crippen LogP contribution in [0.25, 0.3) is 0 Å². The Labute approximate surface area is 81.8 Å². The van der Waals surface area contributed by atoms with Gasteiger partial charge in [-0.3, -0.25) is 9.89 Å². The lowest BCUT2D eigenvalue weighted by Crippen LogP contribution is -2.19. The number of amides is 1. The third kappa shape index (κ3) is 2.46. The number of nitrogens with two attached hydrogens (primary N) is 1. The van der Waals surface area contributed by atoms with Crippen molar-refractivity contribution < 1.29 is 9.53 Å². The van der Waals surface area contributed by atoms with E-state index in [0.717, 1.165) is 5.69 Å². The van der Waals surface area contributed by atoms with E-state index in [4.69, 9.17) is 10.5 Å². The van der Waals surface area contributed by atoms with Crippen molar-refractivity contribution in [3.63, 3.8) is 0 Å². The third-order valence-corrected chi connectivity index (χ3v) is 1.69. The minimum atomic E-state index is -0.259. The lowest BCUT2D eigenvalue weighted by Gasteiger charge is -2.02. The normalized spacial score (nSPS) is 10.1. The number of hydrogen-bond acceptors (Lipinski definition) is 4. The molecule has 6 heteroatoms. The number of aryl methyl sites for hydroxylation is 1. The fourth-order valence-electron chi connectivity index (χ4n) is 0.896. The smallest absolute Gasteiger partial charge is 0.251 e. The predicted molar refractivity (Wildman–Crippen MR) is 52.9 cm³/mol. The van der Waals surface area contributed by atoms with Crippen LogP contribution in [-0.4, -0.2) is 29.3 Å². The summed E-state index contributed by atoms with van der Waals surface area (Å²) in [6, 6.07) is 0. The second-order valence-corrected chi connectivity index (χ2v) is 2.80. The lowest BCUT2D eigenvalue weighted by molar-refractivity contribution is -0.120. The predicted octanol–water partition coefficient (Wildman–Crippen LogP) is 0.275. The number of hydrogen-bond donors (Lipinski definition) is 3. The van der Waals surface area contributed by atoms with E-state index in [0.29, 0.717) is 18.1 Å². The largest absolute Gasteiger partial charge is 0.394 e. The number of carbonyl (C=O) groups excluding carboxylic acids is 1. The second-order valence-electron chi connectivity index (χ2n) is 2.80. The Morgan fingerprint density at radius 2 is 2.43 bits per heavy atom. The van der Waals surface area contributed by atoms with Crippen LogP contribution in [0.4, 0.5) is 11.5 Å². The van der Waals surface area contributed by atoms with E-state index >= 15 is 0 Å². The molecule has 14 heavy (non-hydrogen) atoms. The molecule has 0 aromatic carbocycles. The highest BCUT2D eigenvalue weighted by molar-refractivity contribution is 5.93. The number of aromatic amines is 1. The molecule has 0 fully saturated rings. The summed E-state index contributed by atoms with van der Waals surface area (Å²) >= 11 is 0. The quantitative estimate of drug-likeness (QED) is 0.647. The van der Waals surface area contributed by atoms with Gasteiger partial charge in [0.15, 0.2) is 5.82 Å². The number of ether oxygens (including phenoxy) is 1. The highest BCUT2D eigenvalue weighted by atomic mass is 16.5. The zero-order valence-electron chi connectivity index (χ0n) is 8.26. The molecule has 4 N–H and O–H groups in total. The van der Waals surface area contributed by atoms with E-state index in [1.807, 2.05) is 6.92 Å². The molecule has 0 saturated heterocycles. The van der Waals surface area contributed by atoms with E-state index in [1.54, 1.807) is 6.92 Å². The van der Waals surface area contributed by atoms with E-state index in [2.05, 4.69) is 15.5 Å². The first-order valence-electron chi connectivity index (χ1n) is 4.33. The van der Waals surface area contributed by atoms with Gasteiger partial charge in [-0.2, -0.15) is 5.10 Å². The number of nitrogen functional groups attached to an aromatic ring is 1. The lowest BCUT2D eigenvalue weighted by atomic mass is 10.4. The van der Waals surface area contributed by atoms with Gasteiger partial charge >= 0.3 is 0 Å². The molecule has 0 saturated carbocycles. The molecule has 1 aromatic rings. The number of H-pyrrole nitrogens is 1. The van der Waals surface area contributed by atoms with Gasteiger partial charge in [0.25, 0.3) is 5.91 Å². The Kier molecular flexibility index (Phi) is 3.47. The number of anilines is 2. The van der Waals surface area contributed by atoms with Crippen LogP contribution in [0.15, 0.2) is 0 Å². The number of rotatable bonds is 4. The van der Waals surface area contributed by atoms with Crippen LogP contribution >= 0.6 is 0 Å². The highest BCUT2D eigenvalue weighted by Crippen LogP contribution is 2.17. The Bertz CT molecular complexity index is 321. The number of nitrogens with zero attached hydrogens (tertiary/aromatic N) is 1. The summed E-state index contributed by atoms with van der Waals surface area (Å²) < 4.78 is 4.92. The Balaban J connectivity index is 2.52. The van der Waals surface area contributed by atoms with E-state index in [1.165, 1.54) is 0 Å². The molecule has 6 nitrogen and oxygen atoms in total. The summed E-state index contributed by atoms with van der Waals surface area (Å²) in [4.78, 5) is 11.2. The van der Waals surface area contributed by atoms with Crippen molar-refractivity contribution >= 4 is 17.4 Å². The Hall–Kier alpha value is -1.56. The van der Waals surface area contributed by atoms with E-state index in [9.17, 15) is 4.79 Å². The molecule has 1 rings (SSSR count). The maximum absolute atomic E-state index is 11.2. The van der Waals surface area contributed by atoms with Gasteiger partial charge in [0.05, 0.1) is 11.4 Å². The zero-order valence-corrected chi connectivity index (χ0v) is 8.26. The van der Waals surface area contributed by atoms with Crippen LogP contribution in [0.1, 0.15) is 12.6 Å². The average molecular weight is 198 g/mol. The first kappa shape index (κ1) is 10.5. The van der Waals surface area contributed by atoms with Crippen molar-refractivity contribution in [1.82, 2.24) is 10.2 Å². The van der Waals surface area contributed by atoms with Crippen molar-refractivity contribution in [2.45, 2.75) is 13.8 Å². The summed E-state index contributed by atoms with van der Waals surface area (Å²) in [5.41, 5.74) is 6.82. The molecule has 1 heterocycles. The summed E-state index contributed by atoms with van der Waals surface area (Å²) in [5.74, 6) is 0.0947. The molecule has 0 bridgehead atoms. The van der Waals surface area contributed by atoms with Crippen molar-refractivity contribution in [1.29, 1.82) is 0 Å². The molecular weight excluding hydrogens is 184 g/mol. The van der Waals surface area contributed by atoms with Crippen LogP contribution in [0, 0.1) is 6.92 Å². The maximum Gasteiger partial charge on any atom is 0.251 e. The first-order valence-corrected chi connectivity index (χ1v) is 4.33. The van der Waals surface area contributed by atoms with Crippen LogP contribution in [0.3, 0.4) is 0 Å². The van der Waals surface area contributed by atoms with Crippen molar-refractivity contribution in [3.8, 4) is 0 Å². The van der Waals surface area contributed by atoms with Crippen molar-refractivity contribution in [3.05, 3.63) is 5.69 Å². The second kappa shape index (κ2) is 4.61. The van der Waals surface area contributed by atoms with Gasteiger partial charge in [-0.25, -0.2) is 0 Å². The van der Waals surface area contributed by atoms with Gasteiger partial charge in [0, 0.05) is 6.61 Å². The Morgan fingerprint density at radius 1 is 1.71 bits per heavy atom. The minimum Gasteiger partial charge on any atom is -0.394 e. The third-order valence-electron chi connectivity index (χ3n) is 1.69. The van der Waals surface area contributed by atoms with Gasteiger partial charge in [-0.15, -0.1) is 0 Å². The molecule has 0 spiro atoms. The van der Waals surface area contributed by atoms with Crippen LogP contribution in [-0.2, 0) is 9.53 Å².